The Hall–Kier alpha value is -1.64. The molecule has 0 bridgehead atoms. The molecular formula is C14H18N2O. The molecular weight excluding hydrogens is 212 g/mol. The van der Waals surface area contributed by atoms with E-state index in [-0.39, 0.29) is 11.5 Å². The average molecular weight is 230 g/mol. The summed E-state index contributed by atoms with van der Waals surface area (Å²) < 4.78 is 1.66. The van der Waals surface area contributed by atoms with Crippen LogP contribution in [0.15, 0.2) is 29.3 Å². The monoisotopic (exact) mass is 230 g/mol. The van der Waals surface area contributed by atoms with Crippen LogP contribution in [0.1, 0.15) is 50.7 Å². The third-order valence-corrected chi connectivity index (χ3v) is 3.04. The Kier molecular flexibility index (Phi) is 3.01. The standard InChI is InChI=1S/C14H18N2O/c1-9(2)11-5-6-13-15-7-12(10(3)4)14(17)16(13)8-11/h5-10H,1-4H3. The molecule has 3 nitrogen and oxygen atoms in total. The van der Waals surface area contributed by atoms with Crippen LogP contribution in [0.3, 0.4) is 0 Å². The highest BCUT2D eigenvalue weighted by Gasteiger charge is 2.09. The van der Waals surface area contributed by atoms with Crippen LogP contribution >= 0.6 is 0 Å². The molecule has 17 heavy (non-hydrogen) atoms. The summed E-state index contributed by atoms with van der Waals surface area (Å²) in [6.45, 7) is 8.26. The number of fused-ring (bicyclic) bond motifs is 1. The molecule has 0 aliphatic rings. The van der Waals surface area contributed by atoms with Gasteiger partial charge in [-0.05, 0) is 23.5 Å². The zero-order chi connectivity index (χ0) is 12.6. The molecule has 2 aromatic heterocycles. The van der Waals surface area contributed by atoms with Crippen molar-refractivity contribution in [1.82, 2.24) is 9.38 Å². The fraction of sp³-hybridized carbons (Fsp3) is 0.429. The minimum Gasteiger partial charge on any atom is -0.269 e. The van der Waals surface area contributed by atoms with E-state index in [1.807, 2.05) is 32.2 Å². The third-order valence-electron chi connectivity index (χ3n) is 3.04. The molecule has 0 N–H and O–H groups in total. The van der Waals surface area contributed by atoms with Crippen molar-refractivity contribution in [2.75, 3.05) is 0 Å². The van der Waals surface area contributed by atoms with Crippen LogP contribution in [0.25, 0.3) is 5.65 Å². The lowest BCUT2D eigenvalue weighted by atomic mass is 10.1. The summed E-state index contributed by atoms with van der Waals surface area (Å²) in [5.74, 6) is 0.614. The van der Waals surface area contributed by atoms with Gasteiger partial charge >= 0.3 is 0 Å². The van der Waals surface area contributed by atoms with Gasteiger partial charge in [0.15, 0.2) is 0 Å². The zero-order valence-electron chi connectivity index (χ0n) is 10.8. The summed E-state index contributed by atoms with van der Waals surface area (Å²) in [6, 6.07) is 3.93. The largest absolute Gasteiger partial charge is 0.269 e. The van der Waals surface area contributed by atoms with Gasteiger partial charge < -0.3 is 0 Å². The maximum Gasteiger partial charge on any atom is 0.261 e. The van der Waals surface area contributed by atoms with Gasteiger partial charge in [-0.25, -0.2) is 4.98 Å². The molecule has 3 heteroatoms. The van der Waals surface area contributed by atoms with Crippen LogP contribution in [-0.2, 0) is 0 Å². The van der Waals surface area contributed by atoms with Crippen molar-refractivity contribution < 1.29 is 0 Å². The van der Waals surface area contributed by atoms with E-state index in [1.165, 1.54) is 0 Å². The molecule has 0 saturated carbocycles. The molecule has 0 unspecified atom stereocenters. The summed E-state index contributed by atoms with van der Waals surface area (Å²) in [6.07, 6.45) is 3.60. The van der Waals surface area contributed by atoms with Gasteiger partial charge in [-0.1, -0.05) is 33.8 Å². The van der Waals surface area contributed by atoms with E-state index in [1.54, 1.807) is 10.6 Å². The fourth-order valence-electron chi connectivity index (χ4n) is 1.84. The second-order valence-electron chi connectivity index (χ2n) is 5.02. The maximum absolute atomic E-state index is 12.3. The van der Waals surface area contributed by atoms with Gasteiger partial charge in [-0.3, -0.25) is 9.20 Å². The minimum atomic E-state index is 0.0486. The Morgan fingerprint density at radius 2 is 1.82 bits per heavy atom. The van der Waals surface area contributed by atoms with Crippen molar-refractivity contribution >= 4 is 5.65 Å². The summed E-state index contributed by atoms with van der Waals surface area (Å²) in [7, 11) is 0. The topological polar surface area (TPSA) is 34.4 Å². The van der Waals surface area contributed by atoms with Crippen LogP contribution < -0.4 is 5.56 Å². The van der Waals surface area contributed by atoms with Gasteiger partial charge in [-0.2, -0.15) is 0 Å². The van der Waals surface area contributed by atoms with Crippen molar-refractivity contribution in [3.63, 3.8) is 0 Å². The average Bonchev–Trinajstić information content (AvgIpc) is 2.28. The van der Waals surface area contributed by atoms with Crippen molar-refractivity contribution in [2.45, 2.75) is 39.5 Å². The molecule has 0 fully saturated rings. The number of rotatable bonds is 2. The summed E-state index contributed by atoms with van der Waals surface area (Å²) >= 11 is 0. The van der Waals surface area contributed by atoms with Gasteiger partial charge in [0.2, 0.25) is 0 Å². The number of nitrogens with zero attached hydrogens (tertiary/aromatic N) is 2. The highest BCUT2D eigenvalue weighted by Crippen LogP contribution is 2.15. The van der Waals surface area contributed by atoms with E-state index in [2.05, 4.69) is 18.8 Å². The van der Waals surface area contributed by atoms with Gasteiger partial charge in [0.1, 0.15) is 5.65 Å². The number of pyridine rings is 1. The summed E-state index contributed by atoms with van der Waals surface area (Å²) in [5, 5.41) is 0. The van der Waals surface area contributed by atoms with Crippen LogP contribution in [-0.4, -0.2) is 9.38 Å². The van der Waals surface area contributed by atoms with Crippen LogP contribution in [0, 0.1) is 0 Å². The van der Waals surface area contributed by atoms with E-state index in [0.717, 1.165) is 11.1 Å². The normalized spacial score (nSPS) is 11.6. The van der Waals surface area contributed by atoms with E-state index in [4.69, 9.17) is 0 Å². The first-order chi connectivity index (χ1) is 8.00. The summed E-state index contributed by atoms with van der Waals surface area (Å²) in [4.78, 5) is 16.6. The smallest absolute Gasteiger partial charge is 0.261 e. The van der Waals surface area contributed by atoms with E-state index in [0.29, 0.717) is 11.6 Å². The highest BCUT2D eigenvalue weighted by atomic mass is 16.1. The van der Waals surface area contributed by atoms with E-state index >= 15 is 0 Å². The molecule has 0 aliphatic heterocycles. The molecule has 0 spiro atoms. The lowest BCUT2D eigenvalue weighted by molar-refractivity contribution is 0.808. The molecule has 2 heterocycles. The van der Waals surface area contributed by atoms with Gasteiger partial charge in [0, 0.05) is 18.0 Å². The fourth-order valence-corrected chi connectivity index (χ4v) is 1.84. The molecule has 0 radical (unpaired) electrons. The van der Waals surface area contributed by atoms with Gasteiger partial charge in [0.05, 0.1) is 0 Å². The van der Waals surface area contributed by atoms with E-state index < -0.39 is 0 Å². The van der Waals surface area contributed by atoms with Crippen LogP contribution in [0.5, 0.6) is 0 Å². The predicted molar refractivity (Wildman–Crippen MR) is 69.6 cm³/mol. The maximum atomic E-state index is 12.3. The quantitative estimate of drug-likeness (QED) is 0.795. The third kappa shape index (κ3) is 2.09. The Labute approximate surface area is 101 Å². The number of aromatic nitrogens is 2. The van der Waals surface area contributed by atoms with Gasteiger partial charge in [-0.15, -0.1) is 0 Å². The Balaban J connectivity index is 2.74. The molecule has 2 aromatic rings. The number of hydrogen-bond donors (Lipinski definition) is 0. The van der Waals surface area contributed by atoms with Crippen LogP contribution in [0.2, 0.25) is 0 Å². The Bertz CT molecular complexity index is 591. The Morgan fingerprint density at radius 3 is 2.41 bits per heavy atom. The molecule has 2 rings (SSSR count). The second kappa shape index (κ2) is 4.32. The number of hydrogen-bond acceptors (Lipinski definition) is 2. The van der Waals surface area contributed by atoms with Crippen molar-refractivity contribution in [3.05, 3.63) is 46.0 Å². The predicted octanol–water partition coefficient (Wildman–Crippen LogP) is 2.94. The lowest BCUT2D eigenvalue weighted by Crippen LogP contribution is -2.20. The highest BCUT2D eigenvalue weighted by molar-refractivity contribution is 5.40. The SMILES string of the molecule is CC(C)c1ccc2ncc(C(C)C)c(=O)n2c1. The molecule has 0 amide bonds. The molecule has 90 valence electrons. The first-order valence-corrected chi connectivity index (χ1v) is 6.02. The molecule has 0 atom stereocenters. The first kappa shape index (κ1) is 11.8. The van der Waals surface area contributed by atoms with Crippen molar-refractivity contribution in [2.24, 2.45) is 0 Å². The molecule has 0 aromatic carbocycles. The van der Waals surface area contributed by atoms with Crippen molar-refractivity contribution in [3.8, 4) is 0 Å². The molecule has 0 saturated heterocycles. The Morgan fingerprint density at radius 1 is 1.12 bits per heavy atom. The summed E-state index contributed by atoms with van der Waals surface area (Å²) in [5.41, 5.74) is 2.68. The van der Waals surface area contributed by atoms with Crippen molar-refractivity contribution in [1.29, 1.82) is 0 Å². The lowest BCUT2D eigenvalue weighted by Gasteiger charge is -2.10. The first-order valence-electron chi connectivity index (χ1n) is 6.02. The van der Waals surface area contributed by atoms with E-state index in [9.17, 15) is 4.79 Å². The second-order valence-corrected chi connectivity index (χ2v) is 5.02. The molecule has 0 aliphatic carbocycles. The minimum absolute atomic E-state index is 0.0486. The van der Waals surface area contributed by atoms with Crippen LogP contribution in [0.4, 0.5) is 0 Å². The zero-order valence-corrected chi connectivity index (χ0v) is 10.8. The van der Waals surface area contributed by atoms with Gasteiger partial charge in [0.25, 0.3) is 5.56 Å².